The van der Waals surface area contributed by atoms with Crippen molar-refractivity contribution in [1.29, 1.82) is 0 Å². The molecule has 1 radical (unpaired) electrons. The molecule has 0 bridgehead atoms. The second kappa shape index (κ2) is 4.10. The first-order chi connectivity index (χ1) is 7.25. The number of nitrogens with one attached hydrogen (secondary N) is 2. The van der Waals surface area contributed by atoms with Gasteiger partial charge in [-0.15, -0.1) is 11.3 Å². The molecule has 0 saturated heterocycles. The lowest BCUT2D eigenvalue weighted by Gasteiger charge is -2.02. The number of aromatic nitrogens is 1. The lowest BCUT2D eigenvalue weighted by molar-refractivity contribution is 0.0992. The first-order valence-electron chi connectivity index (χ1n) is 4.28. The highest BCUT2D eigenvalue weighted by molar-refractivity contribution is 7.13. The van der Waals surface area contributed by atoms with E-state index in [1.807, 2.05) is 11.4 Å². The number of hydrogen-bond donors (Lipinski definition) is 1. The molecule has 2 N–H and O–H groups in total. The third-order valence-corrected chi connectivity index (χ3v) is 2.50. The molecule has 15 heavy (non-hydrogen) atoms. The van der Waals surface area contributed by atoms with Crippen LogP contribution in [0.25, 0.3) is 0 Å². The standard InChI is InChI=1S/C10H8N3OS/c11-9(14)7-2-1-3-8(6-7)13-10-12-4-5-15-10/h1-6,11H,(H,12,13). The monoisotopic (exact) mass is 218 g/mol. The van der Waals surface area contributed by atoms with Gasteiger partial charge in [0.1, 0.15) is 0 Å². The van der Waals surface area contributed by atoms with E-state index in [4.69, 9.17) is 5.73 Å². The van der Waals surface area contributed by atoms with Gasteiger partial charge < -0.3 is 5.32 Å². The number of benzene rings is 1. The van der Waals surface area contributed by atoms with Crippen molar-refractivity contribution in [3.8, 4) is 0 Å². The van der Waals surface area contributed by atoms with Crippen LogP contribution < -0.4 is 11.1 Å². The predicted octanol–water partition coefficient (Wildman–Crippen LogP) is 2.31. The van der Waals surface area contributed by atoms with Gasteiger partial charge in [-0.1, -0.05) is 6.07 Å². The Labute approximate surface area is 90.8 Å². The summed E-state index contributed by atoms with van der Waals surface area (Å²) in [7, 11) is 0. The first kappa shape index (κ1) is 9.67. The molecule has 0 aliphatic heterocycles. The van der Waals surface area contributed by atoms with E-state index in [1.54, 1.807) is 24.4 Å². The minimum absolute atomic E-state index is 0.372. The molecule has 1 heterocycles. The summed E-state index contributed by atoms with van der Waals surface area (Å²) in [6, 6.07) is 6.81. The Balaban J connectivity index is 2.22. The Kier molecular flexibility index (Phi) is 2.64. The molecular formula is C10H8N3OS. The van der Waals surface area contributed by atoms with Crippen molar-refractivity contribution < 1.29 is 4.79 Å². The van der Waals surface area contributed by atoms with E-state index in [1.165, 1.54) is 11.3 Å². The summed E-state index contributed by atoms with van der Waals surface area (Å²) in [5, 5.41) is 5.68. The smallest absolute Gasteiger partial charge is 0.269 e. The number of carbonyl (C=O) groups is 1. The number of rotatable bonds is 3. The van der Waals surface area contributed by atoms with E-state index in [0.717, 1.165) is 10.8 Å². The Morgan fingerprint density at radius 2 is 2.33 bits per heavy atom. The van der Waals surface area contributed by atoms with Gasteiger partial charge >= 0.3 is 0 Å². The van der Waals surface area contributed by atoms with Gasteiger partial charge in [-0.2, -0.15) is 0 Å². The van der Waals surface area contributed by atoms with Gasteiger partial charge in [-0.3, -0.25) is 10.5 Å². The van der Waals surface area contributed by atoms with Crippen LogP contribution in [0.4, 0.5) is 10.8 Å². The maximum absolute atomic E-state index is 10.8. The summed E-state index contributed by atoms with van der Waals surface area (Å²) in [6.07, 6.45) is 1.70. The zero-order chi connectivity index (χ0) is 10.7. The van der Waals surface area contributed by atoms with Crippen molar-refractivity contribution in [1.82, 2.24) is 10.7 Å². The SMILES string of the molecule is [NH]C(=O)c1cccc(Nc2nccs2)c1. The van der Waals surface area contributed by atoms with Gasteiger partial charge in [0.2, 0.25) is 0 Å². The molecule has 2 rings (SSSR count). The minimum Gasteiger partial charge on any atom is -0.332 e. The predicted molar refractivity (Wildman–Crippen MR) is 59.3 cm³/mol. The molecule has 2 aromatic rings. The molecule has 0 atom stereocenters. The summed E-state index contributed by atoms with van der Waals surface area (Å²) < 4.78 is 0. The van der Waals surface area contributed by atoms with E-state index in [0.29, 0.717) is 5.56 Å². The highest BCUT2D eigenvalue weighted by Gasteiger charge is 2.02. The highest BCUT2D eigenvalue weighted by atomic mass is 32.1. The average Bonchev–Trinajstić information content (AvgIpc) is 2.71. The lowest BCUT2D eigenvalue weighted by Crippen LogP contribution is -1.99. The maximum atomic E-state index is 10.8. The fraction of sp³-hybridized carbons (Fsp3) is 0. The summed E-state index contributed by atoms with van der Waals surface area (Å²) in [4.78, 5) is 14.9. The fourth-order valence-electron chi connectivity index (χ4n) is 1.15. The lowest BCUT2D eigenvalue weighted by atomic mass is 10.2. The van der Waals surface area contributed by atoms with E-state index >= 15 is 0 Å². The van der Waals surface area contributed by atoms with Crippen molar-refractivity contribution in [3.63, 3.8) is 0 Å². The second-order valence-electron chi connectivity index (χ2n) is 2.87. The van der Waals surface area contributed by atoms with Crippen LogP contribution in [0.1, 0.15) is 10.4 Å². The maximum Gasteiger partial charge on any atom is 0.269 e. The molecule has 1 amide bonds. The van der Waals surface area contributed by atoms with Crippen LogP contribution in [0.3, 0.4) is 0 Å². The summed E-state index contributed by atoms with van der Waals surface area (Å²) in [5.41, 5.74) is 8.12. The summed E-state index contributed by atoms with van der Waals surface area (Å²) in [6.45, 7) is 0. The molecule has 4 nitrogen and oxygen atoms in total. The third kappa shape index (κ3) is 2.32. The number of nitrogens with zero attached hydrogens (tertiary/aromatic N) is 1. The van der Waals surface area contributed by atoms with Crippen LogP contribution in [-0.4, -0.2) is 10.9 Å². The van der Waals surface area contributed by atoms with Gasteiger partial charge in [-0.25, -0.2) is 4.98 Å². The van der Waals surface area contributed by atoms with E-state index in [-0.39, 0.29) is 0 Å². The summed E-state index contributed by atoms with van der Waals surface area (Å²) in [5.74, 6) is -0.683. The molecule has 0 unspecified atom stereocenters. The van der Waals surface area contributed by atoms with Gasteiger partial charge in [0, 0.05) is 22.8 Å². The average molecular weight is 218 g/mol. The van der Waals surface area contributed by atoms with Gasteiger partial charge in [0.15, 0.2) is 5.13 Å². The molecule has 0 spiro atoms. The fourth-order valence-corrected chi connectivity index (χ4v) is 1.70. The zero-order valence-corrected chi connectivity index (χ0v) is 8.54. The Morgan fingerprint density at radius 1 is 1.47 bits per heavy atom. The van der Waals surface area contributed by atoms with Crippen molar-refractivity contribution in [3.05, 3.63) is 41.4 Å². The van der Waals surface area contributed by atoms with Gasteiger partial charge in [-0.05, 0) is 18.2 Å². The van der Waals surface area contributed by atoms with Crippen molar-refractivity contribution >= 4 is 28.1 Å². The normalized spacial score (nSPS) is 9.87. The Morgan fingerprint density at radius 3 is 3.00 bits per heavy atom. The van der Waals surface area contributed by atoms with E-state index < -0.39 is 5.91 Å². The van der Waals surface area contributed by atoms with Crippen molar-refractivity contribution in [2.75, 3.05) is 5.32 Å². The number of anilines is 2. The molecule has 1 aromatic carbocycles. The van der Waals surface area contributed by atoms with Crippen molar-refractivity contribution in [2.24, 2.45) is 0 Å². The molecule has 75 valence electrons. The third-order valence-electron chi connectivity index (χ3n) is 1.81. The van der Waals surface area contributed by atoms with Crippen LogP contribution in [-0.2, 0) is 0 Å². The Bertz CT molecular complexity index is 467. The van der Waals surface area contributed by atoms with Gasteiger partial charge in [0.25, 0.3) is 5.91 Å². The molecule has 0 aliphatic rings. The van der Waals surface area contributed by atoms with E-state index in [2.05, 4.69) is 10.3 Å². The van der Waals surface area contributed by atoms with E-state index in [9.17, 15) is 4.79 Å². The van der Waals surface area contributed by atoms with Crippen LogP contribution in [0.5, 0.6) is 0 Å². The number of carbonyl (C=O) groups excluding carboxylic acids is 1. The number of amides is 1. The summed E-state index contributed by atoms with van der Waals surface area (Å²) >= 11 is 1.48. The number of thiazole rings is 1. The molecule has 1 aromatic heterocycles. The number of hydrogen-bond acceptors (Lipinski definition) is 4. The highest BCUT2D eigenvalue weighted by Crippen LogP contribution is 2.19. The Hall–Kier alpha value is -1.88. The first-order valence-corrected chi connectivity index (χ1v) is 5.16. The van der Waals surface area contributed by atoms with Crippen LogP contribution in [0.15, 0.2) is 35.8 Å². The van der Waals surface area contributed by atoms with Crippen LogP contribution in [0.2, 0.25) is 0 Å². The minimum atomic E-state index is -0.683. The molecule has 0 saturated carbocycles. The van der Waals surface area contributed by atoms with Crippen molar-refractivity contribution in [2.45, 2.75) is 0 Å². The topological polar surface area (TPSA) is 65.8 Å². The van der Waals surface area contributed by atoms with Crippen LogP contribution in [0, 0.1) is 0 Å². The quantitative estimate of drug-likeness (QED) is 0.859. The largest absolute Gasteiger partial charge is 0.332 e. The molecule has 0 fully saturated rings. The van der Waals surface area contributed by atoms with Crippen LogP contribution >= 0.6 is 11.3 Å². The molecule has 0 aliphatic carbocycles. The molecular weight excluding hydrogens is 210 g/mol. The molecule has 5 heteroatoms. The zero-order valence-electron chi connectivity index (χ0n) is 7.73. The van der Waals surface area contributed by atoms with Gasteiger partial charge in [0.05, 0.1) is 0 Å². The second-order valence-corrected chi connectivity index (χ2v) is 3.77.